The predicted octanol–water partition coefficient (Wildman–Crippen LogP) is 2.09. The van der Waals surface area contributed by atoms with Crippen molar-refractivity contribution in [3.05, 3.63) is 11.6 Å². The first kappa shape index (κ1) is 10.6. The highest BCUT2D eigenvalue weighted by Gasteiger charge is 2.17. The van der Waals surface area contributed by atoms with Gasteiger partial charge in [-0.15, -0.1) is 0 Å². The molecule has 1 aliphatic rings. The molecule has 4 nitrogen and oxygen atoms in total. The third-order valence-electron chi connectivity index (χ3n) is 3.21. The summed E-state index contributed by atoms with van der Waals surface area (Å²) in [6, 6.07) is 0. The van der Waals surface area contributed by atoms with Crippen molar-refractivity contribution >= 4 is 0 Å². The Kier molecular flexibility index (Phi) is 3.72. The van der Waals surface area contributed by atoms with Crippen molar-refractivity contribution in [2.75, 3.05) is 0 Å². The van der Waals surface area contributed by atoms with E-state index in [1.807, 2.05) is 0 Å². The van der Waals surface area contributed by atoms with Crippen molar-refractivity contribution in [2.45, 2.75) is 57.4 Å². The second kappa shape index (κ2) is 5.26. The maximum Gasteiger partial charge on any atom is 0.153 e. The minimum atomic E-state index is 0.458. The quantitative estimate of drug-likeness (QED) is 0.782. The Morgan fingerprint density at radius 3 is 2.40 bits per heavy atom. The number of hydrogen-bond acceptors (Lipinski definition) is 3. The molecule has 0 saturated heterocycles. The van der Waals surface area contributed by atoms with E-state index in [0.29, 0.717) is 12.5 Å². The summed E-state index contributed by atoms with van der Waals surface area (Å²) in [6.07, 6.45) is 9.24. The minimum absolute atomic E-state index is 0.458. The summed E-state index contributed by atoms with van der Waals surface area (Å²) in [6.45, 7) is 0.458. The first-order valence-corrected chi connectivity index (χ1v) is 6.01. The number of nitrogens with zero attached hydrogens (tertiary/aromatic N) is 2. The molecule has 0 aliphatic heterocycles. The molecule has 2 rings (SSSR count). The molecule has 1 aliphatic carbocycles. The van der Waals surface area contributed by atoms with Crippen LogP contribution in [-0.4, -0.2) is 15.2 Å². The highest BCUT2D eigenvalue weighted by molar-refractivity contribution is 4.97. The Hall–Kier alpha value is -0.900. The second-order valence-corrected chi connectivity index (χ2v) is 4.39. The van der Waals surface area contributed by atoms with Gasteiger partial charge in [0, 0.05) is 5.92 Å². The molecule has 1 aromatic heterocycles. The van der Waals surface area contributed by atoms with Gasteiger partial charge in [-0.25, -0.2) is 4.98 Å². The van der Waals surface area contributed by atoms with Gasteiger partial charge in [-0.3, -0.25) is 5.10 Å². The molecule has 0 spiro atoms. The van der Waals surface area contributed by atoms with Gasteiger partial charge in [0.05, 0.1) is 6.54 Å². The van der Waals surface area contributed by atoms with Gasteiger partial charge in [0.25, 0.3) is 0 Å². The largest absolute Gasteiger partial charge is 0.324 e. The van der Waals surface area contributed by atoms with Crippen LogP contribution in [-0.2, 0) is 6.54 Å². The van der Waals surface area contributed by atoms with Crippen molar-refractivity contribution < 1.29 is 0 Å². The zero-order valence-corrected chi connectivity index (χ0v) is 9.21. The van der Waals surface area contributed by atoms with Gasteiger partial charge in [0.2, 0.25) is 0 Å². The lowest BCUT2D eigenvalue weighted by Crippen LogP contribution is -2.05. The zero-order chi connectivity index (χ0) is 10.5. The molecule has 1 aromatic rings. The average molecular weight is 208 g/mol. The molecule has 0 aromatic carbocycles. The van der Waals surface area contributed by atoms with E-state index in [1.54, 1.807) is 0 Å². The molecule has 0 atom stereocenters. The first-order valence-electron chi connectivity index (χ1n) is 6.01. The maximum absolute atomic E-state index is 5.51. The number of hydrogen-bond donors (Lipinski definition) is 2. The molecule has 0 radical (unpaired) electrons. The molecule has 0 unspecified atom stereocenters. The highest BCUT2D eigenvalue weighted by Crippen LogP contribution is 2.28. The maximum atomic E-state index is 5.51. The molecule has 1 fully saturated rings. The Bertz CT molecular complexity index is 287. The monoisotopic (exact) mass is 208 g/mol. The fraction of sp³-hybridized carbons (Fsp3) is 0.818. The van der Waals surface area contributed by atoms with Gasteiger partial charge in [0.15, 0.2) is 5.82 Å². The van der Waals surface area contributed by atoms with E-state index < -0.39 is 0 Å². The standard InChI is InChI=1S/C11H20N4/c12-8-10-13-11(15-14-10)9-6-4-2-1-3-5-7-9/h9H,1-8,12H2,(H,13,14,15). The Balaban J connectivity index is 2.00. The Morgan fingerprint density at radius 1 is 1.13 bits per heavy atom. The average Bonchev–Trinajstić information content (AvgIpc) is 2.65. The minimum Gasteiger partial charge on any atom is -0.324 e. The molecule has 0 amide bonds. The zero-order valence-electron chi connectivity index (χ0n) is 9.21. The van der Waals surface area contributed by atoms with Crippen LogP contribution in [0.5, 0.6) is 0 Å². The highest BCUT2D eigenvalue weighted by atomic mass is 15.2. The van der Waals surface area contributed by atoms with E-state index in [-0.39, 0.29) is 0 Å². The van der Waals surface area contributed by atoms with Crippen LogP contribution in [0.1, 0.15) is 62.5 Å². The molecule has 84 valence electrons. The Labute approximate surface area is 90.7 Å². The summed E-state index contributed by atoms with van der Waals surface area (Å²) >= 11 is 0. The molecule has 15 heavy (non-hydrogen) atoms. The number of nitrogens with two attached hydrogens (primary N) is 1. The smallest absolute Gasteiger partial charge is 0.153 e. The molecular formula is C11H20N4. The molecule has 4 heteroatoms. The second-order valence-electron chi connectivity index (χ2n) is 4.39. The summed E-state index contributed by atoms with van der Waals surface area (Å²) in [7, 11) is 0. The first-order chi connectivity index (χ1) is 7.40. The van der Waals surface area contributed by atoms with Crippen LogP contribution in [0.4, 0.5) is 0 Å². The van der Waals surface area contributed by atoms with Gasteiger partial charge in [-0.2, -0.15) is 5.10 Å². The SMILES string of the molecule is NCc1nc(C2CCCCCCC2)n[nH]1. The lowest BCUT2D eigenvalue weighted by molar-refractivity contribution is 0.443. The summed E-state index contributed by atoms with van der Waals surface area (Å²) < 4.78 is 0. The summed E-state index contributed by atoms with van der Waals surface area (Å²) in [4.78, 5) is 4.43. The van der Waals surface area contributed by atoms with Gasteiger partial charge in [-0.05, 0) is 12.8 Å². The van der Waals surface area contributed by atoms with Crippen molar-refractivity contribution in [2.24, 2.45) is 5.73 Å². The molecule has 0 bridgehead atoms. The Morgan fingerprint density at radius 2 is 1.80 bits per heavy atom. The van der Waals surface area contributed by atoms with E-state index in [0.717, 1.165) is 11.6 Å². The van der Waals surface area contributed by atoms with Gasteiger partial charge in [0.1, 0.15) is 5.82 Å². The van der Waals surface area contributed by atoms with Crippen LogP contribution in [0.3, 0.4) is 0 Å². The van der Waals surface area contributed by atoms with E-state index in [9.17, 15) is 0 Å². The van der Waals surface area contributed by atoms with Crippen molar-refractivity contribution in [1.82, 2.24) is 15.2 Å². The fourth-order valence-corrected chi connectivity index (χ4v) is 2.30. The molecule has 1 heterocycles. The molecular weight excluding hydrogens is 188 g/mol. The predicted molar refractivity (Wildman–Crippen MR) is 59.3 cm³/mol. The van der Waals surface area contributed by atoms with E-state index >= 15 is 0 Å². The van der Waals surface area contributed by atoms with Crippen molar-refractivity contribution in [3.8, 4) is 0 Å². The van der Waals surface area contributed by atoms with E-state index in [2.05, 4.69) is 15.2 Å². The third-order valence-corrected chi connectivity index (χ3v) is 3.21. The molecule has 1 saturated carbocycles. The van der Waals surface area contributed by atoms with Crippen LogP contribution in [0.25, 0.3) is 0 Å². The number of rotatable bonds is 2. The number of nitrogens with one attached hydrogen (secondary N) is 1. The summed E-state index contributed by atoms with van der Waals surface area (Å²) in [5, 5.41) is 7.17. The van der Waals surface area contributed by atoms with Gasteiger partial charge >= 0.3 is 0 Å². The van der Waals surface area contributed by atoms with Crippen LogP contribution >= 0.6 is 0 Å². The molecule has 3 N–H and O–H groups in total. The van der Waals surface area contributed by atoms with E-state index in [4.69, 9.17) is 5.73 Å². The van der Waals surface area contributed by atoms with Crippen molar-refractivity contribution in [1.29, 1.82) is 0 Å². The lowest BCUT2D eigenvalue weighted by Gasteiger charge is -2.16. The van der Waals surface area contributed by atoms with Crippen LogP contribution in [0, 0.1) is 0 Å². The van der Waals surface area contributed by atoms with E-state index in [1.165, 1.54) is 44.9 Å². The number of aromatic nitrogens is 3. The summed E-state index contributed by atoms with van der Waals surface area (Å²) in [5.41, 5.74) is 5.51. The van der Waals surface area contributed by atoms with Gasteiger partial charge < -0.3 is 5.73 Å². The van der Waals surface area contributed by atoms with Crippen molar-refractivity contribution in [3.63, 3.8) is 0 Å². The lowest BCUT2D eigenvalue weighted by atomic mass is 9.91. The van der Waals surface area contributed by atoms with Crippen LogP contribution in [0.2, 0.25) is 0 Å². The normalized spacial score (nSPS) is 19.8. The number of H-pyrrole nitrogens is 1. The summed E-state index contributed by atoms with van der Waals surface area (Å²) in [5.74, 6) is 2.35. The number of aromatic amines is 1. The van der Waals surface area contributed by atoms with Crippen LogP contribution in [0.15, 0.2) is 0 Å². The topological polar surface area (TPSA) is 67.6 Å². The fourth-order valence-electron chi connectivity index (χ4n) is 2.30. The van der Waals surface area contributed by atoms with Gasteiger partial charge in [-0.1, -0.05) is 32.1 Å². The van der Waals surface area contributed by atoms with Crippen LogP contribution < -0.4 is 5.73 Å². The third kappa shape index (κ3) is 2.78.